The summed E-state index contributed by atoms with van der Waals surface area (Å²) in [6.07, 6.45) is 2.62. The van der Waals surface area contributed by atoms with Gasteiger partial charge in [0, 0.05) is 0 Å². The molecule has 1 aromatic carbocycles. The number of hydrogen-bond acceptors (Lipinski definition) is 1. The van der Waals surface area contributed by atoms with E-state index in [0.717, 1.165) is 11.8 Å². The van der Waals surface area contributed by atoms with Gasteiger partial charge in [-0.05, 0) is 62.7 Å². The van der Waals surface area contributed by atoms with Gasteiger partial charge in [0.1, 0.15) is 0 Å². The lowest BCUT2D eigenvalue weighted by Gasteiger charge is -2.28. The number of aryl methyl sites for hydroxylation is 2. The van der Waals surface area contributed by atoms with Gasteiger partial charge in [0.25, 0.3) is 0 Å². The fourth-order valence-corrected chi connectivity index (χ4v) is 2.76. The van der Waals surface area contributed by atoms with Crippen LogP contribution in [0.1, 0.15) is 30.0 Å². The standard InChI is InChI=1S/C15H23N/c1-11-4-5-13(3)15(7-11)8-14-6-12(2)9-16-10-14/h4-5,7,12,14,16H,6,8-10H2,1-3H3. The summed E-state index contributed by atoms with van der Waals surface area (Å²) in [5.41, 5.74) is 4.38. The first-order valence-corrected chi connectivity index (χ1v) is 6.42. The SMILES string of the molecule is Cc1ccc(C)c(CC2CNCC(C)C2)c1. The van der Waals surface area contributed by atoms with Crippen LogP contribution in [0.5, 0.6) is 0 Å². The molecule has 1 nitrogen and oxygen atoms in total. The highest BCUT2D eigenvalue weighted by atomic mass is 14.9. The number of piperidine rings is 1. The van der Waals surface area contributed by atoms with Crippen LogP contribution in [-0.4, -0.2) is 13.1 Å². The van der Waals surface area contributed by atoms with Crippen LogP contribution in [0, 0.1) is 25.7 Å². The molecule has 0 bridgehead atoms. The van der Waals surface area contributed by atoms with Crippen molar-refractivity contribution in [2.24, 2.45) is 11.8 Å². The summed E-state index contributed by atoms with van der Waals surface area (Å²) in [5, 5.41) is 3.54. The van der Waals surface area contributed by atoms with E-state index in [0.29, 0.717) is 0 Å². The van der Waals surface area contributed by atoms with Crippen LogP contribution < -0.4 is 5.32 Å². The molecule has 2 unspecified atom stereocenters. The summed E-state index contributed by atoms with van der Waals surface area (Å²) in [6, 6.07) is 6.82. The van der Waals surface area contributed by atoms with Crippen molar-refractivity contribution in [2.45, 2.75) is 33.6 Å². The fraction of sp³-hybridized carbons (Fsp3) is 0.600. The first kappa shape index (κ1) is 11.7. The Hall–Kier alpha value is -0.820. The summed E-state index contributed by atoms with van der Waals surface area (Å²) >= 11 is 0. The smallest absolute Gasteiger partial charge is 0.00171 e. The molecule has 16 heavy (non-hydrogen) atoms. The van der Waals surface area contributed by atoms with Crippen LogP contribution in [-0.2, 0) is 6.42 Å². The van der Waals surface area contributed by atoms with Gasteiger partial charge in [-0.15, -0.1) is 0 Å². The normalized spacial score (nSPS) is 25.7. The predicted octanol–water partition coefficient (Wildman–Crippen LogP) is 3.09. The Morgan fingerprint density at radius 3 is 2.81 bits per heavy atom. The second kappa shape index (κ2) is 5.01. The number of nitrogens with one attached hydrogen (secondary N) is 1. The van der Waals surface area contributed by atoms with Crippen molar-refractivity contribution in [1.29, 1.82) is 0 Å². The maximum Gasteiger partial charge on any atom is -0.00171 e. The molecular weight excluding hydrogens is 194 g/mol. The quantitative estimate of drug-likeness (QED) is 0.802. The van der Waals surface area contributed by atoms with Crippen molar-refractivity contribution in [3.63, 3.8) is 0 Å². The van der Waals surface area contributed by atoms with E-state index in [-0.39, 0.29) is 0 Å². The van der Waals surface area contributed by atoms with Crippen LogP contribution in [0.4, 0.5) is 0 Å². The molecule has 2 atom stereocenters. The van der Waals surface area contributed by atoms with Gasteiger partial charge in [0.15, 0.2) is 0 Å². The third-order valence-corrected chi connectivity index (χ3v) is 3.67. The molecule has 0 saturated carbocycles. The van der Waals surface area contributed by atoms with Gasteiger partial charge in [0.05, 0.1) is 0 Å². The highest BCUT2D eigenvalue weighted by Crippen LogP contribution is 2.22. The zero-order valence-electron chi connectivity index (χ0n) is 10.7. The molecule has 0 aromatic heterocycles. The Kier molecular flexibility index (Phi) is 3.65. The molecule has 1 heterocycles. The van der Waals surface area contributed by atoms with Crippen molar-refractivity contribution >= 4 is 0 Å². The lowest BCUT2D eigenvalue weighted by Crippen LogP contribution is -2.36. The van der Waals surface area contributed by atoms with Gasteiger partial charge in [-0.2, -0.15) is 0 Å². The van der Waals surface area contributed by atoms with Crippen LogP contribution in [0.2, 0.25) is 0 Å². The highest BCUT2D eigenvalue weighted by molar-refractivity contribution is 5.30. The maximum absolute atomic E-state index is 3.54. The van der Waals surface area contributed by atoms with E-state index in [1.165, 1.54) is 37.1 Å². The van der Waals surface area contributed by atoms with E-state index >= 15 is 0 Å². The van der Waals surface area contributed by atoms with Gasteiger partial charge in [-0.3, -0.25) is 0 Å². The summed E-state index contributed by atoms with van der Waals surface area (Å²) in [6.45, 7) is 9.16. The molecular formula is C15H23N. The summed E-state index contributed by atoms with van der Waals surface area (Å²) in [4.78, 5) is 0. The molecule has 0 amide bonds. The van der Waals surface area contributed by atoms with Crippen molar-refractivity contribution in [1.82, 2.24) is 5.32 Å². The van der Waals surface area contributed by atoms with Crippen LogP contribution >= 0.6 is 0 Å². The van der Waals surface area contributed by atoms with Crippen molar-refractivity contribution in [3.8, 4) is 0 Å². The van der Waals surface area contributed by atoms with Gasteiger partial charge in [-0.25, -0.2) is 0 Å². The van der Waals surface area contributed by atoms with E-state index in [2.05, 4.69) is 44.3 Å². The van der Waals surface area contributed by atoms with E-state index in [9.17, 15) is 0 Å². The maximum atomic E-state index is 3.54. The molecule has 0 radical (unpaired) electrons. The summed E-state index contributed by atoms with van der Waals surface area (Å²) in [5.74, 6) is 1.66. The summed E-state index contributed by atoms with van der Waals surface area (Å²) < 4.78 is 0. The topological polar surface area (TPSA) is 12.0 Å². The van der Waals surface area contributed by atoms with Crippen molar-refractivity contribution in [2.75, 3.05) is 13.1 Å². The minimum absolute atomic E-state index is 0.823. The Morgan fingerprint density at radius 2 is 2.06 bits per heavy atom. The van der Waals surface area contributed by atoms with Crippen LogP contribution in [0.3, 0.4) is 0 Å². The van der Waals surface area contributed by atoms with Gasteiger partial charge >= 0.3 is 0 Å². The zero-order chi connectivity index (χ0) is 11.5. The highest BCUT2D eigenvalue weighted by Gasteiger charge is 2.19. The Bertz CT molecular complexity index is 356. The van der Waals surface area contributed by atoms with Crippen LogP contribution in [0.25, 0.3) is 0 Å². The first-order valence-electron chi connectivity index (χ1n) is 6.42. The predicted molar refractivity (Wildman–Crippen MR) is 69.8 cm³/mol. The fourth-order valence-electron chi connectivity index (χ4n) is 2.76. The lowest BCUT2D eigenvalue weighted by atomic mass is 9.86. The first-order chi connectivity index (χ1) is 7.65. The zero-order valence-corrected chi connectivity index (χ0v) is 10.7. The van der Waals surface area contributed by atoms with E-state index in [1.807, 2.05) is 0 Å². The second-order valence-electron chi connectivity index (χ2n) is 5.50. The second-order valence-corrected chi connectivity index (χ2v) is 5.50. The summed E-state index contributed by atoms with van der Waals surface area (Å²) in [7, 11) is 0. The monoisotopic (exact) mass is 217 g/mol. The largest absolute Gasteiger partial charge is 0.316 e. The molecule has 1 aliphatic rings. The van der Waals surface area contributed by atoms with E-state index in [4.69, 9.17) is 0 Å². The lowest BCUT2D eigenvalue weighted by molar-refractivity contribution is 0.301. The minimum atomic E-state index is 0.823. The molecule has 1 saturated heterocycles. The van der Waals surface area contributed by atoms with Gasteiger partial charge in [0.2, 0.25) is 0 Å². The third-order valence-electron chi connectivity index (χ3n) is 3.67. The molecule has 1 fully saturated rings. The molecule has 88 valence electrons. The molecule has 0 aliphatic carbocycles. The Balaban J connectivity index is 2.05. The number of benzene rings is 1. The molecule has 0 spiro atoms. The van der Waals surface area contributed by atoms with Gasteiger partial charge < -0.3 is 5.32 Å². The van der Waals surface area contributed by atoms with Crippen LogP contribution in [0.15, 0.2) is 18.2 Å². The number of rotatable bonds is 2. The molecule has 1 aromatic rings. The molecule has 1 N–H and O–H groups in total. The average Bonchev–Trinajstić information content (AvgIpc) is 2.24. The van der Waals surface area contributed by atoms with Gasteiger partial charge in [-0.1, -0.05) is 30.7 Å². The Morgan fingerprint density at radius 1 is 1.25 bits per heavy atom. The minimum Gasteiger partial charge on any atom is -0.316 e. The van der Waals surface area contributed by atoms with E-state index < -0.39 is 0 Å². The molecule has 2 rings (SSSR count). The Labute approximate surface area is 99.3 Å². The third kappa shape index (κ3) is 2.85. The average molecular weight is 217 g/mol. The van der Waals surface area contributed by atoms with Crippen molar-refractivity contribution < 1.29 is 0 Å². The molecule has 1 aliphatic heterocycles. The molecule has 1 heteroatoms. The van der Waals surface area contributed by atoms with E-state index in [1.54, 1.807) is 5.56 Å². The van der Waals surface area contributed by atoms with Crippen molar-refractivity contribution in [3.05, 3.63) is 34.9 Å². The number of hydrogen-bond donors (Lipinski definition) is 1.